The number of esters is 2. The smallest absolute Gasteiger partial charge is 0.310 e. The summed E-state index contributed by atoms with van der Waals surface area (Å²) in [6, 6.07) is 0. The molecule has 0 aliphatic heterocycles. The van der Waals surface area contributed by atoms with E-state index in [-0.39, 0.29) is 29.7 Å². The van der Waals surface area contributed by atoms with Gasteiger partial charge in [-0.25, -0.2) is 0 Å². The zero-order chi connectivity index (χ0) is 16.9. The van der Waals surface area contributed by atoms with Gasteiger partial charge in [0, 0.05) is 0 Å². The van der Waals surface area contributed by atoms with E-state index in [4.69, 9.17) is 9.47 Å². The van der Waals surface area contributed by atoms with Gasteiger partial charge in [0.2, 0.25) is 0 Å². The van der Waals surface area contributed by atoms with Crippen LogP contribution in [0.1, 0.15) is 48.0 Å². The van der Waals surface area contributed by atoms with Crippen LogP contribution in [0.4, 0.5) is 0 Å². The lowest BCUT2D eigenvalue weighted by Crippen LogP contribution is -2.39. The van der Waals surface area contributed by atoms with Crippen molar-refractivity contribution in [3.8, 4) is 0 Å². The molecule has 3 atom stereocenters. The van der Waals surface area contributed by atoms with E-state index in [1.54, 1.807) is 0 Å². The molecule has 1 rings (SSSR count). The van der Waals surface area contributed by atoms with Crippen LogP contribution in [0.25, 0.3) is 0 Å². The summed E-state index contributed by atoms with van der Waals surface area (Å²) in [6.45, 7) is 12.7. The Balaban J connectivity index is 2.83. The number of allylic oxidation sites excluding steroid dienone is 2. The van der Waals surface area contributed by atoms with Crippen molar-refractivity contribution in [2.45, 2.75) is 48.0 Å². The summed E-state index contributed by atoms with van der Waals surface area (Å²) in [5, 5.41) is 0. The number of hydrogen-bond donors (Lipinski definition) is 0. The highest BCUT2D eigenvalue weighted by atomic mass is 16.5. The van der Waals surface area contributed by atoms with E-state index < -0.39 is 11.8 Å². The monoisotopic (exact) mass is 310 g/mol. The van der Waals surface area contributed by atoms with E-state index in [1.807, 2.05) is 41.5 Å². The zero-order valence-electron chi connectivity index (χ0n) is 14.7. The van der Waals surface area contributed by atoms with E-state index in [0.29, 0.717) is 19.6 Å². The van der Waals surface area contributed by atoms with Gasteiger partial charge in [0.1, 0.15) is 0 Å². The van der Waals surface area contributed by atoms with Crippen LogP contribution in [-0.2, 0) is 19.1 Å². The Morgan fingerprint density at radius 1 is 1.09 bits per heavy atom. The molecule has 0 unspecified atom stereocenters. The number of hydrogen-bond acceptors (Lipinski definition) is 4. The summed E-state index contributed by atoms with van der Waals surface area (Å²) in [7, 11) is 0. The highest BCUT2D eigenvalue weighted by molar-refractivity contribution is 5.83. The van der Waals surface area contributed by atoms with Crippen molar-refractivity contribution >= 4 is 11.9 Å². The minimum Gasteiger partial charge on any atom is -0.465 e. The van der Waals surface area contributed by atoms with Crippen LogP contribution in [-0.4, -0.2) is 25.2 Å². The molecule has 0 bridgehead atoms. The highest BCUT2D eigenvalue weighted by Crippen LogP contribution is 2.35. The van der Waals surface area contributed by atoms with Gasteiger partial charge in [0.15, 0.2) is 0 Å². The molecule has 1 aliphatic rings. The Hall–Kier alpha value is -1.32. The number of ether oxygens (including phenoxy) is 2. The van der Waals surface area contributed by atoms with Crippen LogP contribution in [0.15, 0.2) is 11.6 Å². The van der Waals surface area contributed by atoms with Gasteiger partial charge in [-0.3, -0.25) is 9.59 Å². The molecule has 0 fully saturated rings. The molecule has 0 N–H and O–H groups in total. The molecular formula is C18H30O4. The molecule has 4 nitrogen and oxygen atoms in total. The van der Waals surface area contributed by atoms with E-state index in [1.165, 1.54) is 0 Å². The third-order valence-electron chi connectivity index (χ3n) is 3.78. The van der Waals surface area contributed by atoms with Gasteiger partial charge in [-0.15, -0.1) is 0 Å². The first-order valence-electron chi connectivity index (χ1n) is 8.22. The minimum atomic E-state index is -0.442. The summed E-state index contributed by atoms with van der Waals surface area (Å²) in [5.74, 6) is -0.874. The summed E-state index contributed by atoms with van der Waals surface area (Å²) in [5.41, 5.74) is 1.13. The molecule has 22 heavy (non-hydrogen) atoms. The lowest BCUT2D eigenvalue weighted by atomic mass is 9.74. The van der Waals surface area contributed by atoms with Crippen LogP contribution in [0, 0.1) is 29.6 Å². The second-order valence-corrected chi connectivity index (χ2v) is 7.26. The fourth-order valence-corrected chi connectivity index (χ4v) is 2.77. The van der Waals surface area contributed by atoms with Crippen molar-refractivity contribution in [1.29, 1.82) is 0 Å². The van der Waals surface area contributed by atoms with E-state index in [0.717, 1.165) is 5.57 Å². The van der Waals surface area contributed by atoms with Gasteiger partial charge in [0.25, 0.3) is 0 Å². The Morgan fingerprint density at radius 2 is 1.59 bits per heavy atom. The fraction of sp³-hybridized carbons (Fsp3) is 0.778. The molecule has 126 valence electrons. The highest BCUT2D eigenvalue weighted by Gasteiger charge is 2.41. The molecular weight excluding hydrogens is 280 g/mol. The standard InChI is InChI=1S/C18H30O4/c1-11(2)9-21-17(19)15-8-13(5)7-14(6)16(15)18(20)22-10-12(3)4/h7,11-12,14-16H,8-10H2,1-6H3/t14-,15-,16-/m1/s1. The summed E-state index contributed by atoms with van der Waals surface area (Å²) >= 11 is 0. The van der Waals surface area contributed by atoms with E-state index >= 15 is 0 Å². The van der Waals surface area contributed by atoms with Crippen LogP contribution in [0.2, 0.25) is 0 Å². The maximum Gasteiger partial charge on any atom is 0.310 e. The zero-order valence-corrected chi connectivity index (χ0v) is 14.7. The molecule has 0 heterocycles. The molecule has 0 aromatic carbocycles. The van der Waals surface area contributed by atoms with Crippen molar-refractivity contribution in [1.82, 2.24) is 0 Å². The normalized spacial score (nSPS) is 25.1. The summed E-state index contributed by atoms with van der Waals surface area (Å²) < 4.78 is 10.8. The molecule has 0 spiro atoms. The molecule has 0 saturated heterocycles. The van der Waals surface area contributed by atoms with E-state index in [2.05, 4.69) is 6.08 Å². The van der Waals surface area contributed by atoms with Gasteiger partial charge in [-0.2, -0.15) is 0 Å². The molecule has 1 aliphatic carbocycles. The molecule has 0 aromatic heterocycles. The second kappa shape index (κ2) is 8.35. The lowest BCUT2D eigenvalue weighted by Gasteiger charge is -2.32. The van der Waals surface area contributed by atoms with Crippen LogP contribution < -0.4 is 0 Å². The van der Waals surface area contributed by atoms with Gasteiger partial charge < -0.3 is 9.47 Å². The molecule has 0 amide bonds. The minimum absolute atomic E-state index is 0.00925. The summed E-state index contributed by atoms with van der Waals surface area (Å²) in [6.07, 6.45) is 2.64. The first-order chi connectivity index (χ1) is 10.2. The van der Waals surface area contributed by atoms with Crippen LogP contribution >= 0.6 is 0 Å². The van der Waals surface area contributed by atoms with Crippen molar-refractivity contribution in [3.63, 3.8) is 0 Å². The van der Waals surface area contributed by atoms with Gasteiger partial charge in [-0.1, -0.05) is 46.3 Å². The molecule has 4 heteroatoms. The topological polar surface area (TPSA) is 52.6 Å². The van der Waals surface area contributed by atoms with Crippen molar-refractivity contribution in [2.75, 3.05) is 13.2 Å². The van der Waals surface area contributed by atoms with Gasteiger partial charge in [0.05, 0.1) is 25.0 Å². The molecule has 0 saturated carbocycles. The first kappa shape index (κ1) is 18.7. The molecule has 0 radical (unpaired) electrons. The Kier molecular flexibility index (Phi) is 7.11. The Labute approximate surface area is 134 Å². The predicted molar refractivity (Wildman–Crippen MR) is 86.1 cm³/mol. The van der Waals surface area contributed by atoms with Crippen LogP contribution in [0.3, 0.4) is 0 Å². The second-order valence-electron chi connectivity index (χ2n) is 7.26. The largest absolute Gasteiger partial charge is 0.465 e. The average molecular weight is 310 g/mol. The number of carbonyl (C=O) groups is 2. The number of carbonyl (C=O) groups excluding carboxylic acids is 2. The van der Waals surface area contributed by atoms with E-state index in [9.17, 15) is 9.59 Å². The van der Waals surface area contributed by atoms with Crippen molar-refractivity contribution in [2.24, 2.45) is 29.6 Å². The van der Waals surface area contributed by atoms with Gasteiger partial charge in [-0.05, 0) is 31.1 Å². The fourth-order valence-electron chi connectivity index (χ4n) is 2.77. The number of rotatable bonds is 6. The van der Waals surface area contributed by atoms with Crippen molar-refractivity contribution < 1.29 is 19.1 Å². The Bertz CT molecular complexity index is 423. The predicted octanol–water partition coefficient (Wildman–Crippen LogP) is 3.60. The van der Waals surface area contributed by atoms with Crippen molar-refractivity contribution in [3.05, 3.63) is 11.6 Å². The summed E-state index contributed by atoms with van der Waals surface area (Å²) in [4.78, 5) is 24.8. The maximum absolute atomic E-state index is 12.4. The lowest BCUT2D eigenvalue weighted by molar-refractivity contribution is -0.164. The average Bonchev–Trinajstić information content (AvgIpc) is 2.41. The quantitative estimate of drug-likeness (QED) is 0.555. The molecule has 0 aromatic rings. The Morgan fingerprint density at radius 3 is 2.09 bits per heavy atom. The maximum atomic E-state index is 12.4. The third kappa shape index (κ3) is 5.47. The van der Waals surface area contributed by atoms with Crippen LogP contribution in [0.5, 0.6) is 0 Å². The first-order valence-corrected chi connectivity index (χ1v) is 8.22. The van der Waals surface area contributed by atoms with Gasteiger partial charge >= 0.3 is 11.9 Å². The third-order valence-corrected chi connectivity index (χ3v) is 3.78. The SMILES string of the molecule is CC1=C[C@@H](C)[C@@H](C(=O)OCC(C)C)[C@H](C(=O)OCC(C)C)C1.